The van der Waals surface area contributed by atoms with Crippen molar-refractivity contribution in [3.05, 3.63) is 23.8 Å². The Bertz CT molecular complexity index is 638. The molecule has 0 atom stereocenters. The highest BCUT2D eigenvalue weighted by atomic mass is 32.2. The van der Waals surface area contributed by atoms with Gasteiger partial charge in [-0.2, -0.15) is 4.31 Å². The third-order valence-corrected chi connectivity index (χ3v) is 5.50. The third-order valence-electron chi connectivity index (χ3n) is 3.51. The number of nitrogens with zero attached hydrogens (tertiary/aromatic N) is 1. The second-order valence-corrected chi connectivity index (χ2v) is 7.12. The molecule has 0 spiro atoms. The van der Waals surface area contributed by atoms with Crippen LogP contribution in [0.4, 0.5) is 5.69 Å². The van der Waals surface area contributed by atoms with Crippen LogP contribution in [0.25, 0.3) is 0 Å². The second kappa shape index (κ2) is 6.03. The minimum atomic E-state index is -3.84. The standard InChI is InChI=1S/C14H20N2O4S/c1-2-3-8-16(11-5-6-11)21(19,20)13-9-10(15)4-7-12(13)14(17)18/h4,7,9,11H,2-3,5-6,8,15H2,1H3,(H,17,18). The zero-order chi connectivity index (χ0) is 15.6. The van der Waals surface area contributed by atoms with Crippen LogP contribution < -0.4 is 5.73 Å². The maximum atomic E-state index is 12.8. The topological polar surface area (TPSA) is 101 Å². The number of carboxylic acid groups (broad SMARTS) is 1. The van der Waals surface area contributed by atoms with E-state index in [2.05, 4.69) is 0 Å². The molecule has 1 aromatic carbocycles. The number of anilines is 1. The number of carbonyl (C=O) groups is 1. The van der Waals surface area contributed by atoms with E-state index in [1.54, 1.807) is 0 Å². The van der Waals surface area contributed by atoms with Gasteiger partial charge in [0, 0.05) is 18.3 Å². The average Bonchev–Trinajstić information content (AvgIpc) is 3.23. The fraction of sp³-hybridized carbons (Fsp3) is 0.500. The molecule has 2 rings (SSSR count). The summed E-state index contributed by atoms with van der Waals surface area (Å²) < 4.78 is 27.0. The van der Waals surface area contributed by atoms with Gasteiger partial charge in [0.05, 0.1) is 10.5 Å². The summed E-state index contributed by atoms with van der Waals surface area (Å²) in [5.74, 6) is -1.26. The highest BCUT2D eigenvalue weighted by Gasteiger charge is 2.39. The van der Waals surface area contributed by atoms with Crippen molar-refractivity contribution in [2.24, 2.45) is 0 Å². The Morgan fingerprint density at radius 2 is 2.10 bits per heavy atom. The highest BCUT2D eigenvalue weighted by molar-refractivity contribution is 7.89. The third kappa shape index (κ3) is 3.36. The maximum absolute atomic E-state index is 12.8. The molecule has 1 aromatic rings. The molecule has 0 radical (unpaired) electrons. The zero-order valence-corrected chi connectivity index (χ0v) is 12.8. The Balaban J connectivity index is 2.46. The van der Waals surface area contributed by atoms with Crippen molar-refractivity contribution < 1.29 is 18.3 Å². The lowest BCUT2D eigenvalue weighted by Crippen LogP contribution is -2.35. The number of sulfonamides is 1. The summed E-state index contributed by atoms with van der Waals surface area (Å²) in [4.78, 5) is 11.1. The first-order valence-electron chi connectivity index (χ1n) is 7.02. The monoisotopic (exact) mass is 312 g/mol. The van der Waals surface area contributed by atoms with Gasteiger partial charge in [-0.25, -0.2) is 13.2 Å². The summed E-state index contributed by atoms with van der Waals surface area (Å²) in [6.07, 6.45) is 3.28. The van der Waals surface area contributed by atoms with Gasteiger partial charge in [-0.15, -0.1) is 0 Å². The van der Waals surface area contributed by atoms with E-state index in [1.165, 1.54) is 22.5 Å². The number of nitrogen functional groups attached to an aromatic ring is 1. The fourth-order valence-electron chi connectivity index (χ4n) is 2.23. The first-order valence-corrected chi connectivity index (χ1v) is 8.46. The summed E-state index contributed by atoms with van der Waals surface area (Å²) in [6.45, 7) is 2.40. The van der Waals surface area contributed by atoms with Crippen LogP contribution in [-0.2, 0) is 10.0 Å². The van der Waals surface area contributed by atoms with Crippen molar-refractivity contribution >= 4 is 21.7 Å². The Morgan fingerprint density at radius 3 is 2.62 bits per heavy atom. The minimum Gasteiger partial charge on any atom is -0.478 e. The summed E-state index contributed by atoms with van der Waals surface area (Å²) >= 11 is 0. The van der Waals surface area contributed by atoms with Gasteiger partial charge in [0.1, 0.15) is 0 Å². The fourth-order valence-corrected chi connectivity index (χ4v) is 4.17. The number of hydrogen-bond donors (Lipinski definition) is 2. The molecule has 0 aromatic heterocycles. The van der Waals surface area contributed by atoms with Crippen molar-refractivity contribution in [2.45, 2.75) is 43.5 Å². The van der Waals surface area contributed by atoms with E-state index in [1.807, 2.05) is 6.92 Å². The number of aromatic carboxylic acids is 1. The molecule has 1 aliphatic rings. The van der Waals surface area contributed by atoms with Crippen LogP contribution in [-0.4, -0.2) is 36.4 Å². The SMILES string of the molecule is CCCCN(C1CC1)S(=O)(=O)c1cc(N)ccc1C(=O)O. The lowest BCUT2D eigenvalue weighted by atomic mass is 10.2. The molecule has 116 valence electrons. The van der Waals surface area contributed by atoms with Crippen molar-refractivity contribution in [2.75, 3.05) is 12.3 Å². The predicted molar refractivity (Wildman–Crippen MR) is 79.6 cm³/mol. The molecule has 0 heterocycles. The van der Waals surface area contributed by atoms with Gasteiger partial charge in [0.25, 0.3) is 0 Å². The van der Waals surface area contributed by atoms with E-state index < -0.39 is 16.0 Å². The second-order valence-electron chi connectivity index (χ2n) is 5.26. The van der Waals surface area contributed by atoms with Crippen LogP contribution in [0.15, 0.2) is 23.1 Å². The summed E-state index contributed by atoms with van der Waals surface area (Å²) in [7, 11) is -3.84. The van der Waals surface area contributed by atoms with Crippen molar-refractivity contribution in [3.63, 3.8) is 0 Å². The van der Waals surface area contributed by atoms with E-state index in [4.69, 9.17) is 5.73 Å². The molecule has 0 amide bonds. The van der Waals surface area contributed by atoms with Gasteiger partial charge < -0.3 is 10.8 Å². The molecule has 0 saturated heterocycles. The lowest BCUT2D eigenvalue weighted by molar-refractivity contribution is 0.0692. The number of benzene rings is 1. The van der Waals surface area contributed by atoms with Crippen LogP contribution in [0.1, 0.15) is 43.0 Å². The van der Waals surface area contributed by atoms with Crippen molar-refractivity contribution in [1.29, 1.82) is 0 Å². The van der Waals surface area contributed by atoms with Crippen LogP contribution in [0.2, 0.25) is 0 Å². The summed E-state index contributed by atoms with van der Waals surface area (Å²) in [6, 6.07) is 3.87. The molecule has 0 bridgehead atoms. The quantitative estimate of drug-likeness (QED) is 0.749. The average molecular weight is 312 g/mol. The normalized spacial score (nSPS) is 15.3. The van der Waals surface area contributed by atoms with Crippen LogP contribution in [0, 0.1) is 0 Å². The molecule has 1 fully saturated rings. The number of nitrogens with two attached hydrogens (primary N) is 1. The number of hydrogen-bond acceptors (Lipinski definition) is 4. The molecule has 3 N–H and O–H groups in total. The number of unbranched alkanes of at least 4 members (excludes halogenated alkanes) is 1. The van der Waals surface area contributed by atoms with Gasteiger partial charge in [-0.05, 0) is 37.5 Å². The van der Waals surface area contributed by atoms with E-state index >= 15 is 0 Å². The minimum absolute atomic E-state index is 0.00961. The van der Waals surface area contributed by atoms with Crippen molar-refractivity contribution in [1.82, 2.24) is 4.31 Å². The molecule has 7 heteroatoms. The largest absolute Gasteiger partial charge is 0.478 e. The maximum Gasteiger partial charge on any atom is 0.337 e. The predicted octanol–water partition coefficient (Wildman–Crippen LogP) is 1.92. The van der Waals surface area contributed by atoms with Gasteiger partial charge in [0.2, 0.25) is 10.0 Å². The first-order chi connectivity index (χ1) is 9.87. The molecule has 0 aliphatic heterocycles. The molecule has 21 heavy (non-hydrogen) atoms. The Hall–Kier alpha value is -1.60. The van der Waals surface area contributed by atoms with E-state index in [0.717, 1.165) is 25.7 Å². The van der Waals surface area contributed by atoms with E-state index in [0.29, 0.717) is 6.54 Å². The highest BCUT2D eigenvalue weighted by Crippen LogP contribution is 2.34. The lowest BCUT2D eigenvalue weighted by Gasteiger charge is -2.22. The molecule has 1 saturated carbocycles. The van der Waals surface area contributed by atoms with Crippen LogP contribution >= 0.6 is 0 Å². The van der Waals surface area contributed by atoms with Gasteiger partial charge >= 0.3 is 5.97 Å². The number of carboxylic acids is 1. The summed E-state index contributed by atoms with van der Waals surface area (Å²) in [5, 5.41) is 9.21. The molecular weight excluding hydrogens is 292 g/mol. The number of rotatable bonds is 7. The smallest absolute Gasteiger partial charge is 0.337 e. The van der Waals surface area contributed by atoms with E-state index in [-0.39, 0.29) is 22.2 Å². The van der Waals surface area contributed by atoms with Gasteiger partial charge in [0.15, 0.2) is 0 Å². The first kappa shape index (κ1) is 15.8. The molecular formula is C14H20N2O4S. The zero-order valence-electron chi connectivity index (χ0n) is 11.9. The molecule has 6 nitrogen and oxygen atoms in total. The molecule has 1 aliphatic carbocycles. The van der Waals surface area contributed by atoms with Crippen LogP contribution in [0.5, 0.6) is 0 Å². The summed E-state index contributed by atoms with van der Waals surface area (Å²) in [5.41, 5.74) is 5.65. The Labute approximate surface area is 124 Å². The van der Waals surface area contributed by atoms with Crippen LogP contribution in [0.3, 0.4) is 0 Å². The van der Waals surface area contributed by atoms with Gasteiger partial charge in [-0.3, -0.25) is 0 Å². The molecule has 0 unspecified atom stereocenters. The van der Waals surface area contributed by atoms with Crippen molar-refractivity contribution in [3.8, 4) is 0 Å². The Kier molecular flexibility index (Phi) is 4.53. The van der Waals surface area contributed by atoms with Gasteiger partial charge in [-0.1, -0.05) is 13.3 Å². The Morgan fingerprint density at radius 1 is 1.43 bits per heavy atom. The van der Waals surface area contributed by atoms with E-state index in [9.17, 15) is 18.3 Å².